The lowest BCUT2D eigenvalue weighted by molar-refractivity contribution is -0.274. The van der Waals surface area contributed by atoms with Gasteiger partial charge in [0.1, 0.15) is 11.6 Å². The molecule has 0 radical (unpaired) electrons. The predicted octanol–water partition coefficient (Wildman–Crippen LogP) is 6.00. The first-order valence-corrected chi connectivity index (χ1v) is 9.16. The minimum Gasteiger partial charge on any atom is -0.406 e. The Hall–Kier alpha value is -3.29. The predicted molar refractivity (Wildman–Crippen MR) is 107 cm³/mol. The van der Waals surface area contributed by atoms with Crippen LogP contribution in [0.2, 0.25) is 0 Å². The van der Waals surface area contributed by atoms with Crippen molar-refractivity contribution >= 4 is 17.5 Å². The van der Waals surface area contributed by atoms with Crippen LogP contribution in [0.15, 0.2) is 60.7 Å². The van der Waals surface area contributed by atoms with E-state index in [-0.39, 0.29) is 11.8 Å². The van der Waals surface area contributed by atoms with Crippen molar-refractivity contribution in [3.63, 3.8) is 0 Å². The number of aromatic nitrogens is 2. The maximum Gasteiger partial charge on any atom is 0.573 e. The third-order valence-electron chi connectivity index (χ3n) is 4.12. The maximum absolute atomic E-state index is 12.5. The van der Waals surface area contributed by atoms with Crippen LogP contribution in [-0.4, -0.2) is 22.4 Å². The van der Waals surface area contributed by atoms with Crippen molar-refractivity contribution in [1.29, 1.82) is 0 Å². The smallest absolute Gasteiger partial charge is 0.406 e. The van der Waals surface area contributed by atoms with E-state index >= 15 is 0 Å². The summed E-state index contributed by atoms with van der Waals surface area (Å²) in [4.78, 5) is 9.01. The molecule has 0 spiro atoms. The van der Waals surface area contributed by atoms with Gasteiger partial charge in [-0.25, -0.2) is 4.98 Å². The number of nitrogens with one attached hydrogen (secondary N) is 2. The second-order valence-corrected chi connectivity index (χ2v) is 6.48. The number of hydrogen-bond acceptors (Lipinski definition) is 5. The molecule has 0 aliphatic rings. The Labute approximate surface area is 167 Å². The normalized spacial score (nSPS) is 12.3. The van der Waals surface area contributed by atoms with Gasteiger partial charge in [0.15, 0.2) is 0 Å². The number of hydrogen-bond donors (Lipinski definition) is 2. The standard InChI is InChI=1S/C21H21F3N4O/c1-3-14(2)25-20-27-18(15-8-5-4-6-9-15)13-19(28-20)26-16-10-7-11-17(12-16)29-21(22,23)24/h4-14H,3H2,1-2H3,(H2,25,26,27,28)/t14-/m0/s1. The van der Waals surface area contributed by atoms with Crippen molar-refractivity contribution < 1.29 is 17.9 Å². The van der Waals surface area contributed by atoms with E-state index in [2.05, 4.69) is 25.3 Å². The molecule has 2 aromatic carbocycles. The van der Waals surface area contributed by atoms with E-state index in [0.717, 1.165) is 12.0 Å². The van der Waals surface area contributed by atoms with Gasteiger partial charge >= 0.3 is 6.36 Å². The van der Waals surface area contributed by atoms with Crippen LogP contribution in [-0.2, 0) is 0 Å². The SMILES string of the molecule is CC[C@H](C)Nc1nc(Nc2cccc(OC(F)(F)F)c2)cc(-c2ccccc2)n1. The van der Waals surface area contributed by atoms with Crippen molar-refractivity contribution in [3.05, 3.63) is 60.7 Å². The van der Waals surface area contributed by atoms with Crippen LogP contribution >= 0.6 is 0 Å². The Bertz CT molecular complexity index is 948. The number of ether oxygens (including phenoxy) is 1. The lowest BCUT2D eigenvalue weighted by atomic mass is 10.1. The Morgan fingerprint density at radius 1 is 1.00 bits per heavy atom. The zero-order valence-electron chi connectivity index (χ0n) is 16.0. The molecule has 1 atom stereocenters. The monoisotopic (exact) mass is 402 g/mol. The van der Waals surface area contributed by atoms with Gasteiger partial charge < -0.3 is 15.4 Å². The van der Waals surface area contributed by atoms with E-state index in [0.29, 0.717) is 23.1 Å². The Balaban J connectivity index is 1.92. The van der Waals surface area contributed by atoms with Gasteiger partial charge in [0, 0.05) is 29.4 Å². The van der Waals surface area contributed by atoms with E-state index < -0.39 is 6.36 Å². The van der Waals surface area contributed by atoms with E-state index in [1.807, 2.05) is 44.2 Å². The average Bonchev–Trinajstić information content (AvgIpc) is 2.67. The number of alkyl halides is 3. The molecule has 8 heteroatoms. The maximum atomic E-state index is 12.5. The molecule has 2 N–H and O–H groups in total. The zero-order valence-corrected chi connectivity index (χ0v) is 16.0. The number of anilines is 3. The second-order valence-electron chi connectivity index (χ2n) is 6.48. The quantitative estimate of drug-likeness (QED) is 0.508. The Kier molecular flexibility index (Phi) is 6.21. The molecule has 29 heavy (non-hydrogen) atoms. The molecule has 152 valence electrons. The van der Waals surface area contributed by atoms with Crippen LogP contribution in [0, 0.1) is 0 Å². The number of nitrogens with zero attached hydrogens (tertiary/aromatic N) is 2. The molecule has 0 bridgehead atoms. The van der Waals surface area contributed by atoms with Gasteiger partial charge in [-0.05, 0) is 25.5 Å². The van der Waals surface area contributed by atoms with Crippen molar-refractivity contribution in [2.75, 3.05) is 10.6 Å². The highest BCUT2D eigenvalue weighted by atomic mass is 19.4. The number of halogens is 3. The summed E-state index contributed by atoms with van der Waals surface area (Å²) in [5.41, 5.74) is 2.01. The van der Waals surface area contributed by atoms with E-state index in [1.54, 1.807) is 12.1 Å². The van der Waals surface area contributed by atoms with Gasteiger partial charge in [0.25, 0.3) is 0 Å². The van der Waals surface area contributed by atoms with Gasteiger partial charge in [0.2, 0.25) is 5.95 Å². The highest BCUT2D eigenvalue weighted by Crippen LogP contribution is 2.28. The van der Waals surface area contributed by atoms with Crippen molar-refractivity contribution in [1.82, 2.24) is 9.97 Å². The van der Waals surface area contributed by atoms with Gasteiger partial charge in [-0.15, -0.1) is 13.2 Å². The fraction of sp³-hybridized carbons (Fsp3) is 0.238. The van der Waals surface area contributed by atoms with E-state index in [4.69, 9.17) is 0 Å². The molecule has 0 unspecified atom stereocenters. The lowest BCUT2D eigenvalue weighted by Gasteiger charge is -2.15. The van der Waals surface area contributed by atoms with E-state index in [9.17, 15) is 13.2 Å². The summed E-state index contributed by atoms with van der Waals surface area (Å²) in [5, 5.41) is 6.27. The first-order chi connectivity index (χ1) is 13.8. The zero-order chi connectivity index (χ0) is 20.9. The fourth-order valence-electron chi connectivity index (χ4n) is 2.57. The molecule has 5 nitrogen and oxygen atoms in total. The summed E-state index contributed by atoms with van der Waals surface area (Å²) >= 11 is 0. The number of benzene rings is 2. The molecule has 0 amide bonds. The molecular formula is C21H21F3N4O. The van der Waals surface area contributed by atoms with Crippen LogP contribution < -0.4 is 15.4 Å². The number of rotatable bonds is 7. The molecular weight excluding hydrogens is 381 g/mol. The van der Waals surface area contributed by atoms with Gasteiger partial charge in [-0.2, -0.15) is 4.98 Å². The first kappa shape index (κ1) is 20.4. The topological polar surface area (TPSA) is 59.1 Å². The van der Waals surface area contributed by atoms with E-state index in [1.165, 1.54) is 18.2 Å². The summed E-state index contributed by atoms with van der Waals surface area (Å²) < 4.78 is 41.4. The van der Waals surface area contributed by atoms with Crippen molar-refractivity contribution in [3.8, 4) is 17.0 Å². The largest absolute Gasteiger partial charge is 0.573 e. The summed E-state index contributed by atoms with van der Waals surface area (Å²) in [6.07, 6.45) is -3.86. The van der Waals surface area contributed by atoms with Crippen LogP contribution in [0.1, 0.15) is 20.3 Å². The van der Waals surface area contributed by atoms with Crippen LogP contribution in [0.4, 0.5) is 30.6 Å². The van der Waals surface area contributed by atoms with Crippen molar-refractivity contribution in [2.45, 2.75) is 32.7 Å². The van der Waals surface area contributed by atoms with Gasteiger partial charge in [-0.1, -0.05) is 43.3 Å². The molecule has 1 heterocycles. The molecule has 0 fully saturated rings. The van der Waals surface area contributed by atoms with Crippen LogP contribution in [0.5, 0.6) is 5.75 Å². The first-order valence-electron chi connectivity index (χ1n) is 9.16. The molecule has 0 aliphatic heterocycles. The van der Waals surface area contributed by atoms with Crippen LogP contribution in [0.3, 0.4) is 0 Å². The van der Waals surface area contributed by atoms with Gasteiger partial charge in [0.05, 0.1) is 5.69 Å². The fourth-order valence-corrected chi connectivity index (χ4v) is 2.57. The third-order valence-corrected chi connectivity index (χ3v) is 4.12. The summed E-state index contributed by atoms with van der Waals surface area (Å²) in [6.45, 7) is 4.06. The molecule has 1 aromatic heterocycles. The summed E-state index contributed by atoms with van der Waals surface area (Å²) in [5.74, 6) is 0.581. The highest BCUT2D eigenvalue weighted by Gasteiger charge is 2.31. The second kappa shape index (κ2) is 8.81. The average molecular weight is 402 g/mol. The molecule has 3 aromatic rings. The summed E-state index contributed by atoms with van der Waals surface area (Å²) in [6, 6.07) is 17.1. The minimum absolute atomic E-state index is 0.164. The minimum atomic E-state index is -4.75. The molecule has 0 saturated heterocycles. The Morgan fingerprint density at radius 2 is 1.76 bits per heavy atom. The van der Waals surface area contributed by atoms with Crippen LogP contribution in [0.25, 0.3) is 11.3 Å². The molecule has 3 rings (SSSR count). The highest BCUT2D eigenvalue weighted by molar-refractivity contribution is 5.67. The Morgan fingerprint density at radius 3 is 2.45 bits per heavy atom. The lowest BCUT2D eigenvalue weighted by Crippen LogP contribution is -2.17. The third kappa shape index (κ3) is 6.10. The molecule has 0 aliphatic carbocycles. The molecule has 0 saturated carbocycles. The van der Waals surface area contributed by atoms with Gasteiger partial charge in [-0.3, -0.25) is 0 Å². The summed E-state index contributed by atoms with van der Waals surface area (Å²) in [7, 11) is 0. The van der Waals surface area contributed by atoms with Crippen molar-refractivity contribution in [2.24, 2.45) is 0 Å².